The van der Waals surface area contributed by atoms with Crippen LogP contribution in [0.4, 0.5) is 0 Å². The third-order valence-corrected chi connectivity index (χ3v) is 3.37. The number of benzene rings is 1. The van der Waals surface area contributed by atoms with Crippen molar-refractivity contribution < 1.29 is 0 Å². The fraction of sp³-hybridized carbons (Fsp3) is 0.400. The zero-order valence-electron chi connectivity index (χ0n) is 10.0. The van der Waals surface area contributed by atoms with Gasteiger partial charge in [0, 0.05) is 17.6 Å². The van der Waals surface area contributed by atoms with Crippen molar-refractivity contribution in [3.63, 3.8) is 0 Å². The van der Waals surface area contributed by atoms with Gasteiger partial charge in [-0.3, -0.25) is 4.98 Å². The molecule has 0 bridgehead atoms. The normalized spacial score (nSPS) is 15.3. The number of pyridine rings is 1. The van der Waals surface area contributed by atoms with Crippen molar-refractivity contribution in [2.75, 3.05) is 6.54 Å². The number of fused-ring (bicyclic) bond motifs is 1. The molecule has 1 saturated carbocycles. The number of rotatable bonds is 5. The Bertz CT molecular complexity index is 498. The van der Waals surface area contributed by atoms with Gasteiger partial charge in [-0.15, -0.1) is 0 Å². The van der Waals surface area contributed by atoms with Crippen molar-refractivity contribution in [1.29, 1.82) is 0 Å². The molecule has 2 heteroatoms. The lowest BCUT2D eigenvalue weighted by Gasteiger charge is -2.06. The molecule has 1 fully saturated rings. The summed E-state index contributed by atoms with van der Waals surface area (Å²) in [6.07, 6.45) is 7.02. The number of aromatic nitrogens is 1. The van der Waals surface area contributed by atoms with Crippen LogP contribution in [0.15, 0.2) is 36.5 Å². The SMILES string of the molecule is c1ccc2c(CCCNC3CC3)ccnc2c1. The van der Waals surface area contributed by atoms with Gasteiger partial charge in [0.25, 0.3) is 0 Å². The van der Waals surface area contributed by atoms with E-state index in [1.54, 1.807) is 0 Å². The minimum atomic E-state index is 0.823. The van der Waals surface area contributed by atoms with Gasteiger partial charge in [-0.1, -0.05) is 18.2 Å². The topological polar surface area (TPSA) is 24.9 Å². The van der Waals surface area contributed by atoms with Gasteiger partial charge in [-0.2, -0.15) is 0 Å². The minimum absolute atomic E-state index is 0.823. The van der Waals surface area contributed by atoms with Gasteiger partial charge in [0.2, 0.25) is 0 Å². The predicted octanol–water partition coefficient (Wildman–Crippen LogP) is 2.92. The van der Waals surface area contributed by atoms with Crippen LogP contribution in [-0.4, -0.2) is 17.6 Å². The molecule has 1 heterocycles. The van der Waals surface area contributed by atoms with E-state index in [2.05, 4.69) is 34.6 Å². The molecule has 0 saturated heterocycles. The summed E-state index contributed by atoms with van der Waals surface area (Å²) < 4.78 is 0. The minimum Gasteiger partial charge on any atom is -0.314 e. The molecule has 17 heavy (non-hydrogen) atoms. The third-order valence-electron chi connectivity index (χ3n) is 3.37. The largest absolute Gasteiger partial charge is 0.314 e. The summed E-state index contributed by atoms with van der Waals surface area (Å²) in [6.45, 7) is 1.14. The molecule has 1 N–H and O–H groups in total. The second kappa shape index (κ2) is 4.84. The fourth-order valence-electron chi connectivity index (χ4n) is 2.25. The maximum Gasteiger partial charge on any atom is 0.0704 e. The van der Waals surface area contributed by atoms with Gasteiger partial charge < -0.3 is 5.32 Å². The van der Waals surface area contributed by atoms with Crippen molar-refractivity contribution in [2.45, 2.75) is 31.7 Å². The molecule has 2 nitrogen and oxygen atoms in total. The summed E-state index contributed by atoms with van der Waals surface area (Å²) in [5, 5.41) is 4.87. The quantitative estimate of drug-likeness (QED) is 0.793. The molecule has 1 aliphatic carbocycles. The van der Waals surface area contributed by atoms with Crippen LogP contribution >= 0.6 is 0 Å². The molecule has 3 rings (SSSR count). The second-order valence-corrected chi connectivity index (χ2v) is 4.82. The molecule has 0 aliphatic heterocycles. The van der Waals surface area contributed by atoms with E-state index in [-0.39, 0.29) is 0 Å². The lowest BCUT2D eigenvalue weighted by molar-refractivity contribution is 0.646. The Balaban J connectivity index is 1.66. The molecule has 0 unspecified atom stereocenters. The fourth-order valence-corrected chi connectivity index (χ4v) is 2.25. The summed E-state index contributed by atoms with van der Waals surface area (Å²) in [5.74, 6) is 0. The monoisotopic (exact) mass is 226 g/mol. The van der Waals surface area contributed by atoms with Gasteiger partial charge in [0.15, 0.2) is 0 Å². The van der Waals surface area contributed by atoms with Crippen molar-refractivity contribution in [3.8, 4) is 0 Å². The van der Waals surface area contributed by atoms with Crippen LogP contribution in [0.3, 0.4) is 0 Å². The Morgan fingerprint density at radius 2 is 2.06 bits per heavy atom. The number of nitrogens with one attached hydrogen (secondary N) is 1. The van der Waals surface area contributed by atoms with Crippen molar-refractivity contribution in [1.82, 2.24) is 10.3 Å². The highest BCUT2D eigenvalue weighted by atomic mass is 14.9. The molecule has 0 spiro atoms. The average Bonchev–Trinajstić information content (AvgIpc) is 3.19. The van der Waals surface area contributed by atoms with E-state index < -0.39 is 0 Å². The van der Waals surface area contributed by atoms with E-state index in [1.807, 2.05) is 12.3 Å². The van der Waals surface area contributed by atoms with Crippen LogP contribution in [-0.2, 0) is 6.42 Å². The maximum atomic E-state index is 4.39. The highest BCUT2D eigenvalue weighted by Gasteiger charge is 2.19. The second-order valence-electron chi connectivity index (χ2n) is 4.82. The molecule has 0 atom stereocenters. The first-order valence-corrected chi connectivity index (χ1v) is 6.49. The molecule has 1 aromatic carbocycles. The van der Waals surface area contributed by atoms with Gasteiger partial charge in [-0.05, 0) is 49.9 Å². The molecular formula is C15H18N2. The lowest BCUT2D eigenvalue weighted by atomic mass is 10.0. The van der Waals surface area contributed by atoms with Crippen LogP contribution in [0.5, 0.6) is 0 Å². The van der Waals surface area contributed by atoms with E-state index >= 15 is 0 Å². The smallest absolute Gasteiger partial charge is 0.0704 e. The zero-order chi connectivity index (χ0) is 11.5. The number of hydrogen-bond acceptors (Lipinski definition) is 2. The summed E-state index contributed by atoms with van der Waals surface area (Å²) in [6, 6.07) is 11.4. The van der Waals surface area contributed by atoms with E-state index in [0.717, 1.165) is 24.5 Å². The zero-order valence-corrected chi connectivity index (χ0v) is 10.0. The first kappa shape index (κ1) is 10.7. The third kappa shape index (κ3) is 2.64. The summed E-state index contributed by atoms with van der Waals surface area (Å²) >= 11 is 0. The van der Waals surface area contributed by atoms with Crippen LogP contribution in [0, 0.1) is 0 Å². The molecule has 1 aromatic heterocycles. The number of hydrogen-bond donors (Lipinski definition) is 1. The lowest BCUT2D eigenvalue weighted by Crippen LogP contribution is -2.17. The average molecular weight is 226 g/mol. The van der Waals surface area contributed by atoms with Gasteiger partial charge >= 0.3 is 0 Å². The van der Waals surface area contributed by atoms with E-state index in [1.165, 1.54) is 30.2 Å². The van der Waals surface area contributed by atoms with Gasteiger partial charge in [0.1, 0.15) is 0 Å². The van der Waals surface area contributed by atoms with E-state index in [0.29, 0.717) is 0 Å². The van der Waals surface area contributed by atoms with Crippen LogP contribution < -0.4 is 5.32 Å². The highest BCUT2D eigenvalue weighted by Crippen LogP contribution is 2.19. The van der Waals surface area contributed by atoms with E-state index in [4.69, 9.17) is 0 Å². The first-order valence-electron chi connectivity index (χ1n) is 6.49. The number of nitrogens with zero attached hydrogens (tertiary/aromatic N) is 1. The van der Waals surface area contributed by atoms with Crippen molar-refractivity contribution in [2.24, 2.45) is 0 Å². The Kier molecular flexibility index (Phi) is 3.06. The Morgan fingerprint density at radius 1 is 1.18 bits per heavy atom. The predicted molar refractivity (Wildman–Crippen MR) is 71.1 cm³/mol. The van der Waals surface area contributed by atoms with Gasteiger partial charge in [-0.25, -0.2) is 0 Å². The summed E-state index contributed by atoms with van der Waals surface area (Å²) in [4.78, 5) is 4.39. The Morgan fingerprint density at radius 3 is 2.94 bits per heavy atom. The molecule has 88 valence electrons. The number of para-hydroxylation sites is 1. The molecule has 0 radical (unpaired) electrons. The molecular weight excluding hydrogens is 208 g/mol. The van der Waals surface area contributed by atoms with Crippen LogP contribution in [0.25, 0.3) is 10.9 Å². The Labute approximate surface area is 102 Å². The standard InChI is InChI=1S/C15H18N2/c1-2-6-15-14(5-1)12(9-11-17-15)4-3-10-16-13-7-8-13/h1-2,5-6,9,11,13,16H,3-4,7-8,10H2. The van der Waals surface area contributed by atoms with Crippen molar-refractivity contribution in [3.05, 3.63) is 42.1 Å². The van der Waals surface area contributed by atoms with Gasteiger partial charge in [0.05, 0.1) is 5.52 Å². The van der Waals surface area contributed by atoms with E-state index in [9.17, 15) is 0 Å². The first-order chi connectivity index (χ1) is 8.43. The van der Waals surface area contributed by atoms with Crippen molar-refractivity contribution >= 4 is 10.9 Å². The molecule has 0 amide bonds. The highest BCUT2D eigenvalue weighted by molar-refractivity contribution is 5.81. The van der Waals surface area contributed by atoms with Crippen LogP contribution in [0.1, 0.15) is 24.8 Å². The summed E-state index contributed by atoms with van der Waals surface area (Å²) in [5.41, 5.74) is 2.54. The maximum absolute atomic E-state index is 4.39. The van der Waals surface area contributed by atoms with Crippen LogP contribution in [0.2, 0.25) is 0 Å². The summed E-state index contributed by atoms with van der Waals surface area (Å²) in [7, 11) is 0. The molecule has 2 aromatic rings. The molecule has 1 aliphatic rings. The Hall–Kier alpha value is -1.41. The number of aryl methyl sites for hydroxylation is 1.